The minimum Gasteiger partial charge on any atom is -0.384 e. The smallest absolute Gasteiger partial charge is 0.109 e. The Kier molecular flexibility index (Phi) is 5.69. The van der Waals surface area contributed by atoms with Gasteiger partial charge in [-0.2, -0.15) is 0 Å². The first-order chi connectivity index (χ1) is 7.24. The molecule has 84 valence electrons. The Morgan fingerprint density at radius 1 is 1.33 bits per heavy atom. The van der Waals surface area contributed by atoms with Crippen LogP contribution in [0.25, 0.3) is 0 Å². The zero-order valence-electron chi connectivity index (χ0n) is 9.52. The van der Waals surface area contributed by atoms with E-state index in [1.165, 1.54) is 31.2 Å². The molecule has 0 spiro atoms. The van der Waals surface area contributed by atoms with Crippen LogP contribution in [0, 0.1) is 6.92 Å². The molecule has 0 saturated heterocycles. The zero-order valence-corrected chi connectivity index (χ0v) is 11.1. The maximum atomic E-state index is 4.25. The SMILES string of the molecule is CCCCCCNc1cnc(Br)c(C)c1. The Bertz CT molecular complexity index is 300. The van der Waals surface area contributed by atoms with E-state index in [1.807, 2.05) is 6.20 Å². The number of hydrogen-bond acceptors (Lipinski definition) is 2. The average Bonchev–Trinajstić information content (AvgIpc) is 2.23. The molecule has 0 aliphatic heterocycles. The van der Waals surface area contributed by atoms with Crippen molar-refractivity contribution in [3.05, 3.63) is 22.4 Å². The monoisotopic (exact) mass is 270 g/mol. The van der Waals surface area contributed by atoms with Crippen molar-refractivity contribution in [1.29, 1.82) is 0 Å². The molecule has 0 aliphatic rings. The van der Waals surface area contributed by atoms with Crippen molar-refractivity contribution in [2.24, 2.45) is 0 Å². The number of nitrogens with one attached hydrogen (secondary N) is 1. The summed E-state index contributed by atoms with van der Waals surface area (Å²) in [5.41, 5.74) is 2.29. The number of aryl methyl sites for hydroxylation is 1. The molecule has 3 heteroatoms. The van der Waals surface area contributed by atoms with Gasteiger partial charge in [-0.1, -0.05) is 26.2 Å². The predicted molar refractivity (Wildman–Crippen MR) is 69.3 cm³/mol. The van der Waals surface area contributed by atoms with E-state index in [4.69, 9.17) is 0 Å². The first-order valence-corrected chi connectivity index (χ1v) is 6.39. The standard InChI is InChI=1S/C12H19BrN2/c1-3-4-5-6-7-14-11-8-10(2)12(13)15-9-11/h8-9,14H,3-7H2,1-2H3. The van der Waals surface area contributed by atoms with Gasteiger partial charge in [-0.05, 0) is 40.9 Å². The Morgan fingerprint density at radius 3 is 2.80 bits per heavy atom. The highest BCUT2D eigenvalue weighted by Gasteiger charge is 1.97. The van der Waals surface area contributed by atoms with Gasteiger partial charge in [0.05, 0.1) is 11.9 Å². The van der Waals surface area contributed by atoms with Gasteiger partial charge >= 0.3 is 0 Å². The summed E-state index contributed by atoms with van der Waals surface area (Å²) < 4.78 is 0.930. The number of pyridine rings is 1. The van der Waals surface area contributed by atoms with Crippen molar-refractivity contribution in [2.75, 3.05) is 11.9 Å². The molecule has 0 saturated carbocycles. The highest BCUT2D eigenvalue weighted by Crippen LogP contribution is 2.16. The second-order valence-electron chi connectivity index (χ2n) is 3.82. The number of aromatic nitrogens is 1. The second-order valence-corrected chi connectivity index (χ2v) is 4.57. The summed E-state index contributed by atoms with van der Waals surface area (Å²) in [7, 11) is 0. The van der Waals surface area contributed by atoms with Gasteiger partial charge in [0.25, 0.3) is 0 Å². The van der Waals surface area contributed by atoms with Crippen LogP contribution < -0.4 is 5.32 Å². The number of hydrogen-bond donors (Lipinski definition) is 1. The van der Waals surface area contributed by atoms with Gasteiger partial charge in [-0.3, -0.25) is 0 Å². The van der Waals surface area contributed by atoms with Gasteiger partial charge in [0.1, 0.15) is 4.60 Å². The fraction of sp³-hybridized carbons (Fsp3) is 0.583. The lowest BCUT2D eigenvalue weighted by atomic mass is 10.2. The van der Waals surface area contributed by atoms with Gasteiger partial charge in [-0.15, -0.1) is 0 Å². The number of unbranched alkanes of at least 4 members (excludes halogenated alkanes) is 3. The topological polar surface area (TPSA) is 24.9 Å². The van der Waals surface area contributed by atoms with E-state index in [0.29, 0.717) is 0 Å². The summed E-state index contributed by atoms with van der Waals surface area (Å²) in [5, 5.41) is 3.39. The van der Waals surface area contributed by atoms with E-state index in [2.05, 4.69) is 46.1 Å². The molecule has 0 amide bonds. The van der Waals surface area contributed by atoms with Gasteiger partial charge < -0.3 is 5.32 Å². The molecule has 1 N–H and O–H groups in total. The summed E-state index contributed by atoms with van der Waals surface area (Å²) in [6.07, 6.45) is 7.05. The number of rotatable bonds is 6. The van der Waals surface area contributed by atoms with E-state index in [9.17, 15) is 0 Å². The van der Waals surface area contributed by atoms with Gasteiger partial charge in [-0.25, -0.2) is 4.98 Å². The first-order valence-electron chi connectivity index (χ1n) is 5.60. The molecule has 0 bridgehead atoms. The third kappa shape index (κ3) is 4.65. The maximum absolute atomic E-state index is 4.25. The van der Waals surface area contributed by atoms with Crippen molar-refractivity contribution in [3.8, 4) is 0 Å². The molecule has 0 fully saturated rings. The van der Waals surface area contributed by atoms with Gasteiger partial charge in [0, 0.05) is 6.54 Å². The number of anilines is 1. The van der Waals surface area contributed by atoms with E-state index in [-0.39, 0.29) is 0 Å². The van der Waals surface area contributed by atoms with Crippen molar-refractivity contribution in [1.82, 2.24) is 4.98 Å². The largest absolute Gasteiger partial charge is 0.384 e. The van der Waals surface area contributed by atoms with Crippen LogP contribution >= 0.6 is 15.9 Å². The van der Waals surface area contributed by atoms with Crippen molar-refractivity contribution in [3.63, 3.8) is 0 Å². The summed E-state index contributed by atoms with van der Waals surface area (Å²) >= 11 is 3.39. The summed E-state index contributed by atoms with van der Waals surface area (Å²) in [6, 6.07) is 2.12. The van der Waals surface area contributed by atoms with Crippen LogP contribution in [0.2, 0.25) is 0 Å². The van der Waals surface area contributed by atoms with Crippen LogP contribution in [0.3, 0.4) is 0 Å². The molecule has 1 rings (SSSR count). The minimum absolute atomic E-state index is 0.930. The van der Waals surface area contributed by atoms with Crippen LogP contribution in [0.1, 0.15) is 38.2 Å². The Labute approximate surface area is 101 Å². The highest BCUT2D eigenvalue weighted by atomic mass is 79.9. The fourth-order valence-electron chi connectivity index (χ4n) is 1.44. The molecule has 0 unspecified atom stereocenters. The van der Waals surface area contributed by atoms with Crippen LogP contribution in [0.5, 0.6) is 0 Å². The van der Waals surface area contributed by atoms with E-state index >= 15 is 0 Å². The van der Waals surface area contributed by atoms with Crippen molar-refractivity contribution < 1.29 is 0 Å². The van der Waals surface area contributed by atoms with Crippen molar-refractivity contribution in [2.45, 2.75) is 39.5 Å². The Hall–Kier alpha value is -0.570. The first kappa shape index (κ1) is 12.5. The molecule has 2 nitrogen and oxygen atoms in total. The maximum Gasteiger partial charge on any atom is 0.109 e. The Morgan fingerprint density at radius 2 is 2.13 bits per heavy atom. The van der Waals surface area contributed by atoms with Gasteiger partial charge in [0.2, 0.25) is 0 Å². The molecule has 0 aromatic carbocycles. The van der Waals surface area contributed by atoms with Crippen LogP contribution in [-0.2, 0) is 0 Å². The molecule has 1 heterocycles. The minimum atomic E-state index is 0.930. The zero-order chi connectivity index (χ0) is 11.1. The summed E-state index contributed by atoms with van der Waals surface area (Å²) in [5.74, 6) is 0. The lowest BCUT2D eigenvalue weighted by molar-refractivity contribution is 0.685. The molecule has 0 aliphatic carbocycles. The van der Waals surface area contributed by atoms with Crippen molar-refractivity contribution >= 4 is 21.6 Å². The third-order valence-electron chi connectivity index (χ3n) is 2.37. The molecular weight excluding hydrogens is 252 g/mol. The van der Waals surface area contributed by atoms with Gasteiger partial charge in [0.15, 0.2) is 0 Å². The highest BCUT2D eigenvalue weighted by molar-refractivity contribution is 9.10. The molecular formula is C12H19BrN2. The van der Waals surface area contributed by atoms with E-state index in [1.54, 1.807) is 0 Å². The predicted octanol–water partition coefficient (Wildman–Crippen LogP) is 4.14. The number of halogens is 1. The third-order valence-corrected chi connectivity index (χ3v) is 3.20. The van der Waals surface area contributed by atoms with E-state index < -0.39 is 0 Å². The quantitative estimate of drug-likeness (QED) is 0.621. The number of nitrogens with zero attached hydrogens (tertiary/aromatic N) is 1. The van der Waals surface area contributed by atoms with Crippen LogP contribution in [0.15, 0.2) is 16.9 Å². The normalized spacial score (nSPS) is 10.3. The second kappa shape index (κ2) is 6.83. The average molecular weight is 271 g/mol. The fourth-order valence-corrected chi connectivity index (χ4v) is 1.66. The Balaban J connectivity index is 2.28. The van der Waals surface area contributed by atoms with E-state index in [0.717, 1.165) is 16.8 Å². The molecule has 0 radical (unpaired) electrons. The van der Waals surface area contributed by atoms with Crippen LogP contribution in [-0.4, -0.2) is 11.5 Å². The molecule has 1 aromatic heterocycles. The lowest BCUT2D eigenvalue weighted by Crippen LogP contribution is -2.02. The lowest BCUT2D eigenvalue weighted by Gasteiger charge is -2.07. The summed E-state index contributed by atoms with van der Waals surface area (Å²) in [4.78, 5) is 4.25. The molecule has 1 aromatic rings. The summed E-state index contributed by atoms with van der Waals surface area (Å²) in [6.45, 7) is 5.33. The molecule has 15 heavy (non-hydrogen) atoms. The molecule has 0 atom stereocenters. The van der Waals surface area contributed by atoms with Crippen LogP contribution in [0.4, 0.5) is 5.69 Å².